The summed E-state index contributed by atoms with van der Waals surface area (Å²) in [7, 11) is 0. The molecule has 19 heavy (non-hydrogen) atoms. The van der Waals surface area contributed by atoms with E-state index in [1.165, 1.54) is 9.75 Å². The SMILES string of the molecule is CCNCc1ccc(COc2ccc(Br)cc2C)s1. The van der Waals surface area contributed by atoms with Crippen molar-refractivity contribution in [3.8, 4) is 5.75 Å². The van der Waals surface area contributed by atoms with Crippen LogP contribution in [0.15, 0.2) is 34.8 Å². The van der Waals surface area contributed by atoms with E-state index in [1.54, 1.807) is 11.3 Å². The molecular formula is C15H18BrNOS. The van der Waals surface area contributed by atoms with Gasteiger partial charge in [-0.1, -0.05) is 22.9 Å². The van der Waals surface area contributed by atoms with Crippen LogP contribution in [-0.2, 0) is 13.2 Å². The Morgan fingerprint density at radius 3 is 2.74 bits per heavy atom. The molecule has 0 bridgehead atoms. The van der Waals surface area contributed by atoms with Crippen molar-refractivity contribution in [1.82, 2.24) is 5.32 Å². The molecule has 0 unspecified atom stereocenters. The topological polar surface area (TPSA) is 21.3 Å². The largest absolute Gasteiger partial charge is 0.488 e. The number of thiophene rings is 1. The Bertz CT molecular complexity index is 539. The fourth-order valence-corrected chi connectivity index (χ4v) is 3.14. The van der Waals surface area contributed by atoms with Crippen LogP contribution in [0.25, 0.3) is 0 Å². The number of halogens is 1. The summed E-state index contributed by atoms with van der Waals surface area (Å²) >= 11 is 5.26. The first-order valence-corrected chi connectivity index (χ1v) is 7.97. The van der Waals surface area contributed by atoms with Crippen LogP contribution in [-0.4, -0.2) is 6.54 Å². The van der Waals surface area contributed by atoms with Crippen molar-refractivity contribution < 1.29 is 4.74 Å². The van der Waals surface area contributed by atoms with E-state index in [1.807, 2.05) is 12.1 Å². The average Bonchev–Trinajstić information content (AvgIpc) is 2.83. The predicted molar refractivity (Wildman–Crippen MR) is 84.9 cm³/mol. The van der Waals surface area contributed by atoms with Gasteiger partial charge < -0.3 is 10.1 Å². The van der Waals surface area contributed by atoms with Gasteiger partial charge in [-0.15, -0.1) is 11.3 Å². The van der Waals surface area contributed by atoms with E-state index >= 15 is 0 Å². The van der Waals surface area contributed by atoms with Crippen molar-refractivity contribution in [3.63, 3.8) is 0 Å². The van der Waals surface area contributed by atoms with Crippen molar-refractivity contribution in [2.24, 2.45) is 0 Å². The van der Waals surface area contributed by atoms with E-state index in [-0.39, 0.29) is 0 Å². The maximum absolute atomic E-state index is 5.86. The lowest BCUT2D eigenvalue weighted by Gasteiger charge is -2.08. The van der Waals surface area contributed by atoms with E-state index in [0.29, 0.717) is 6.61 Å². The van der Waals surface area contributed by atoms with Crippen LogP contribution in [0.2, 0.25) is 0 Å². The molecule has 1 aromatic heterocycles. The van der Waals surface area contributed by atoms with Crippen molar-refractivity contribution in [1.29, 1.82) is 0 Å². The molecule has 4 heteroatoms. The Morgan fingerprint density at radius 2 is 2.00 bits per heavy atom. The van der Waals surface area contributed by atoms with Gasteiger partial charge in [0.2, 0.25) is 0 Å². The van der Waals surface area contributed by atoms with Crippen molar-refractivity contribution in [3.05, 3.63) is 50.1 Å². The second kappa shape index (κ2) is 7.08. The molecule has 1 aromatic carbocycles. The molecule has 2 rings (SSSR count). The number of aryl methyl sites for hydroxylation is 1. The maximum Gasteiger partial charge on any atom is 0.122 e. The summed E-state index contributed by atoms with van der Waals surface area (Å²) in [6.07, 6.45) is 0. The molecule has 0 atom stereocenters. The molecule has 1 N–H and O–H groups in total. The molecule has 0 aliphatic rings. The van der Waals surface area contributed by atoms with Crippen molar-refractivity contribution in [2.45, 2.75) is 27.0 Å². The molecule has 2 nitrogen and oxygen atoms in total. The van der Waals surface area contributed by atoms with Crippen molar-refractivity contribution in [2.75, 3.05) is 6.54 Å². The monoisotopic (exact) mass is 339 g/mol. The molecule has 0 fully saturated rings. The quantitative estimate of drug-likeness (QED) is 0.836. The molecule has 2 aromatic rings. The fraction of sp³-hybridized carbons (Fsp3) is 0.333. The Hall–Kier alpha value is -0.840. The third-order valence-corrected chi connectivity index (χ3v) is 4.33. The molecular weight excluding hydrogens is 322 g/mol. The second-order valence-corrected chi connectivity index (χ2v) is 6.52. The van der Waals surface area contributed by atoms with E-state index in [2.05, 4.69) is 53.3 Å². The number of hydrogen-bond acceptors (Lipinski definition) is 3. The lowest BCUT2D eigenvalue weighted by molar-refractivity contribution is 0.307. The Kier molecular flexibility index (Phi) is 5.43. The standard InChI is InChI=1S/C15H18BrNOS/c1-3-17-9-13-5-6-14(19-13)10-18-15-7-4-12(16)8-11(15)2/h4-8,17H,3,9-10H2,1-2H3. The van der Waals surface area contributed by atoms with Gasteiger partial charge in [-0.2, -0.15) is 0 Å². The highest BCUT2D eigenvalue weighted by Crippen LogP contribution is 2.24. The predicted octanol–water partition coefficient (Wildman–Crippen LogP) is 4.51. The van der Waals surface area contributed by atoms with Crippen LogP contribution < -0.4 is 10.1 Å². The van der Waals surface area contributed by atoms with Gasteiger partial charge in [-0.3, -0.25) is 0 Å². The third kappa shape index (κ3) is 4.34. The van der Waals surface area contributed by atoms with E-state index in [9.17, 15) is 0 Å². The summed E-state index contributed by atoms with van der Waals surface area (Å²) in [4.78, 5) is 2.61. The van der Waals surface area contributed by atoms with Crippen LogP contribution in [0.1, 0.15) is 22.2 Å². The maximum atomic E-state index is 5.86. The third-order valence-electron chi connectivity index (χ3n) is 2.77. The summed E-state index contributed by atoms with van der Waals surface area (Å²) in [5, 5.41) is 3.33. The minimum Gasteiger partial charge on any atom is -0.488 e. The molecule has 0 saturated carbocycles. The average molecular weight is 340 g/mol. The minimum absolute atomic E-state index is 0.638. The molecule has 0 aliphatic carbocycles. The van der Waals surface area contributed by atoms with Crippen LogP contribution >= 0.6 is 27.3 Å². The van der Waals surface area contributed by atoms with Crippen LogP contribution in [0.4, 0.5) is 0 Å². The zero-order chi connectivity index (χ0) is 13.7. The van der Waals surface area contributed by atoms with Gasteiger partial charge in [0.15, 0.2) is 0 Å². The lowest BCUT2D eigenvalue weighted by atomic mass is 10.2. The number of nitrogens with one attached hydrogen (secondary N) is 1. The smallest absolute Gasteiger partial charge is 0.122 e. The summed E-state index contributed by atoms with van der Waals surface area (Å²) in [6.45, 7) is 6.76. The Labute approximate surface area is 126 Å². The first kappa shape index (κ1) is 14.6. The first-order chi connectivity index (χ1) is 9.19. The highest BCUT2D eigenvalue weighted by molar-refractivity contribution is 9.10. The summed E-state index contributed by atoms with van der Waals surface area (Å²) in [6, 6.07) is 10.4. The van der Waals surface area contributed by atoms with Crippen molar-refractivity contribution >= 4 is 27.3 Å². The zero-order valence-corrected chi connectivity index (χ0v) is 13.6. The fourth-order valence-electron chi connectivity index (χ4n) is 1.77. The number of rotatable bonds is 6. The van der Waals surface area contributed by atoms with E-state index in [0.717, 1.165) is 28.9 Å². The van der Waals surface area contributed by atoms with Crippen LogP contribution in [0.5, 0.6) is 5.75 Å². The van der Waals surface area contributed by atoms with Gasteiger partial charge >= 0.3 is 0 Å². The first-order valence-electron chi connectivity index (χ1n) is 6.36. The van der Waals surface area contributed by atoms with E-state index in [4.69, 9.17) is 4.74 Å². The molecule has 0 radical (unpaired) electrons. The van der Waals surface area contributed by atoms with Gasteiger partial charge in [0.1, 0.15) is 12.4 Å². The summed E-state index contributed by atoms with van der Waals surface area (Å²) in [5.74, 6) is 0.949. The summed E-state index contributed by atoms with van der Waals surface area (Å²) in [5.41, 5.74) is 1.15. The van der Waals surface area contributed by atoms with Crippen LogP contribution in [0, 0.1) is 6.92 Å². The van der Waals surface area contributed by atoms with Crippen LogP contribution in [0.3, 0.4) is 0 Å². The van der Waals surface area contributed by atoms with Gasteiger partial charge in [0.05, 0.1) is 0 Å². The molecule has 0 amide bonds. The molecule has 0 saturated heterocycles. The minimum atomic E-state index is 0.638. The van der Waals surface area contributed by atoms with Gasteiger partial charge in [-0.25, -0.2) is 0 Å². The summed E-state index contributed by atoms with van der Waals surface area (Å²) < 4.78 is 6.95. The highest BCUT2D eigenvalue weighted by atomic mass is 79.9. The second-order valence-electron chi connectivity index (χ2n) is 4.35. The van der Waals surface area contributed by atoms with Gasteiger partial charge in [0.25, 0.3) is 0 Å². The number of benzene rings is 1. The molecule has 102 valence electrons. The molecule has 0 spiro atoms. The lowest BCUT2D eigenvalue weighted by Crippen LogP contribution is -2.10. The van der Waals surface area contributed by atoms with Gasteiger partial charge in [0, 0.05) is 20.8 Å². The van der Waals surface area contributed by atoms with E-state index < -0.39 is 0 Å². The zero-order valence-electron chi connectivity index (χ0n) is 11.2. The normalized spacial score (nSPS) is 10.7. The van der Waals surface area contributed by atoms with Gasteiger partial charge in [-0.05, 0) is 49.4 Å². The number of ether oxygens (including phenoxy) is 1. The molecule has 1 heterocycles. The Morgan fingerprint density at radius 1 is 1.21 bits per heavy atom. The molecule has 0 aliphatic heterocycles. The highest BCUT2D eigenvalue weighted by Gasteiger charge is 2.03. The number of hydrogen-bond donors (Lipinski definition) is 1. The Balaban J connectivity index is 1.92.